The van der Waals surface area contributed by atoms with Gasteiger partial charge in [0.15, 0.2) is 0 Å². The van der Waals surface area contributed by atoms with E-state index in [1.807, 2.05) is 45.2 Å². The van der Waals surface area contributed by atoms with E-state index in [0.717, 1.165) is 17.9 Å². The Balaban J connectivity index is 2.65. The molecule has 1 aromatic rings. The number of likely N-dealkylation sites (N-methyl/N-ethyl adjacent to an activating group) is 1. The van der Waals surface area contributed by atoms with Crippen LogP contribution in [0.3, 0.4) is 0 Å². The van der Waals surface area contributed by atoms with Crippen LogP contribution >= 0.6 is 0 Å². The van der Waals surface area contributed by atoms with Crippen LogP contribution in [0, 0.1) is 5.92 Å². The molecule has 1 aromatic carbocycles. The summed E-state index contributed by atoms with van der Waals surface area (Å²) in [4.78, 5) is 13.6. The number of benzene rings is 1. The zero-order valence-electron chi connectivity index (χ0n) is 10.7. The third kappa shape index (κ3) is 4.07. The average Bonchev–Trinajstić information content (AvgIpc) is 2.30. The van der Waals surface area contributed by atoms with Gasteiger partial charge in [-0.2, -0.15) is 0 Å². The van der Waals surface area contributed by atoms with E-state index in [2.05, 4.69) is 10.2 Å². The molecule has 3 N–H and O–H groups in total. The predicted octanol–water partition coefficient (Wildman–Crippen LogP) is 1.68. The van der Waals surface area contributed by atoms with E-state index in [0.29, 0.717) is 6.54 Å². The van der Waals surface area contributed by atoms with Crippen molar-refractivity contribution in [1.29, 1.82) is 0 Å². The molecule has 0 radical (unpaired) electrons. The number of rotatable bonds is 5. The summed E-state index contributed by atoms with van der Waals surface area (Å²) in [5, 5.41) is 2.86. The molecule has 0 unspecified atom stereocenters. The van der Waals surface area contributed by atoms with Crippen LogP contribution in [-0.2, 0) is 4.79 Å². The highest BCUT2D eigenvalue weighted by molar-refractivity contribution is 5.92. The minimum atomic E-state index is -0.00501. The Morgan fingerprint density at radius 2 is 1.94 bits per heavy atom. The minimum Gasteiger partial charge on any atom is -0.373 e. The summed E-state index contributed by atoms with van der Waals surface area (Å²) in [5.41, 5.74) is 7.42. The fraction of sp³-hybridized carbons (Fsp3) is 0.462. The first-order chi connectivity index (χ1) is 8.04. The van der Waals surface area contributed by atoms with Crippen molar-refractivity contribution in [3.63, 3.8) is 0 Å². The van der Waals surface area contributed by atoms with E-state index in [4.69, 9.17) is 5.73 Å². The SMILES string of the molecule is CC(C)C(=O)Nc1ccc(N(C)CCN)cc1. The Kier molecular flexibility index (Phi) is 4.97. The highest BCUT2D eigenvalue weighted by atomic mass is 16.1. The highest BCUT2D eigenvalue weighted by Crippen LogP contribution is 2.16. The molecule has 0 heterocycles. The van der Waals surface area contributed by atoms with Crippen molar-refractivity contribution < 1.29 is 4.79 Å². The van der Waals surface area contributed by atoms with E-state index in [1.54, 1.807) is 0 Å². The number of amides is 1. The summed E-state index contributed by atoms with van der Waals surface area (Å²) >= 11 is 0. The summed E-state index contributed by atoms with van der Waals surface area (Å²) < 4.78 is 0. The molecule has 0 atom stereocenters. The van der Waals surface area contributed by atoms with Crippen LogP contribution in [0.2, 0.25) is 0 Å². The Morgan fingerprint density at radius 3 is 2.41 bits per heavy atom. The fourth-order valence-electron chi connectivity index (χ4n) is 1.41. The number of nitrogens with one attached hydrogen (secondary N) is 1. The average molecular weight is 235 g/mol. The molecular weight excluding hydrogens is 214 g/mol. The lowest BCUT2D eigenvalue weighted by molar-refractivity contribution is -0.118. The molecule has 0 saturated carbocycles. The second kappa shape index (κ2) is 6.25. The number of carbonyl (C=O) groups is 1. The molecule has 0 spiro atoms. The van der Waals surface area contributed by atoms with Crippen LogP contribution in [0.25, 0.3) is 0 Å². The maximum absolute atomic E-state index is 11.5. The lowest BCUT2D eigenvalue weighted by atomic mass is 10.2. The molecule has 4 nitrogen and oxygen atoms in total. The maximum Gasteiger partial charge on any atom is 0.226 e. The Labute approximate surface area is 103 Å². The van der Waals surface area contributed by atoms with Crippen molar-refractivity contribution in [2.75, 3.05) is 30.4 Å². The monoisotopic (exact) mass is 235 g/mol. The maximum atomic E-state index is 11.5. The third-order valence-electron chi connectivity index (χ3n) is 2.56. The normalized spacial score (nSPS) is 10.4. The molecule has 0 fully saturated rings. The summed E-state index contributed by atoms with van der Waals surface area (Å²) in [5.74, 6) is 0.0302. The lowest BCUT2D eigenvalue weighted by Gasteiger charge is -2.18. The van der Waals surface area contributed by atoms with Crippen LogP contribution in [0.1, 0.15) is 13.8 Å². The Hall–Kier alpha value is -1.55. The van der Waals surface area contributed by atoms with E-state index in [9.17, 15) is 4.79 Å². The van der Waals surface area contributed by atoms with Gasteiger partial charge < -0.3 is 16.0 Å². The van der Waals surface area contributed by atoms with E-state index >= 15 is 0 Å². The molecule has 0 aromatic heterocycles. The third-order valence-corrected chi connectivity index (χ3v) is 2.56. The van der Waals surface area contributed by atoms with E-state index in [-0.39, 0.29) is 11.8 Å². The summed E-state index contributed by atoms with van der Waals surface area (Å²) in [6.07, 6.45) is 0. The van der Waals surface area contributed by atoms with Gasteiger partial charge in [0.2, 0.25) is 5.91 Å². The second-order valence-electron chi connectivity index (χ2n) is 4.40. The first-order valence-corrected chi connectivity index (χ1v) is 5.86. The van der Waals surface area contributed by atoms with Crippen molar-refractivity contribution in [3.05, 3.63) is 24.3 Å². The zero-order valence-corrected chi connectivity index (χ0v) is 10.7. The largest absolute Gasteiger partial charge is 0.373 e. The van der Waals surface area contributed by atoms with Crippen LogP contribution in [0.15, 0.2) is 24.3 Å². The van der Waals surface area contributed by atoms with Gasteiger partial charge in [0.25, 0.3) is 0 Å². The highest BCUT2D eigenvalue weighted by Gasteiger charge is 2.07. The van der Waals surface area contributed by atoms with Crippen molar-refractivity contribution in [1.82, 2.24) is 0 Å². The fourth-order valence-corrected chi connectivity index (χ4v) is 1.41. The molecule has 4 heteroatoms. The quantitative estimate of drug-likeness (QED) is 0.816. The van der Waals surface area contributed by atoms with Gasteiger partial charge in [0, 0.05) is 37.4 Å². The number of anilines is 2. The van der Waals surface area contributed by atoms with Crippen molar-refractivity contribution in [3.8, 4) is 0 Å². The smallest absolute Gasteiger partial charge is 0.226 e. The van der Waals surface area contributed by atoms with Crippen molar-refractivity contribution >= 4 is 17.3 Å². The zero-order chi connectivity index (χ0) is 12.8. The molecule has 0 bridgehead atoms. The summed E-state index contributed by atoms with van der Waals surface area (Å²) in [6.45, 7) is 5.19. The van der Waals surface area contributed by atoms with Crippen molar-refractivity contribution in [2.24, 2.45) is 11.7 Å². The summed E-state index contributed by atoms with van der Waals surface area (Å²) in [7, 11) is 1.99. The molecular formula is C13H21N3O. The number of nitrogens with zero attached hydrogens (tertiary/aromatic N) is 1. The molecule has 17 heavy (non-hydrogen) atoms. The molecule has 0 aliphatic heterocycles. The van der Waals surface area contributed by atoms with E-state index < -0.39 is 0 Å². The lowest BCUT2D eigenvalue weighted by Crippen LogP contribution is -2.24. The van der Waals surface area contributed by atoms with Crippen LogP contribution in [-0.4, -0.2) is 26.0 Å². The standard InChI is InChI=1S/C13H21N3O/c1-10(2)13(17)15-11-4-6-12(7-5-11)16(3)9-8-14/h4-7,10H,8-9,14H2,1-3H3,(H,15,17). The molecule has 0 saturated heterocycles. The van der Waals surface area contributed by atoms with E-state index in [1.165, 1.54) is 0 Å². The van der Waals surface area contributed by atoms with Crippen LogP contribution in [0.5, 0.6) is 0 Å². The Bertz CT molecular complexity index is 359. The Morgan fingerprint density at radius 1 is 1.35 bits per heavy atom. The first-order valence-electron chi connectivity index (χ1n) is 5.86. The number of hydrogen-bond acceptors (Lipinski definition) is 3. The number of hydrogen-bond donors (Lipinski definition) is 2. The van der Waals surface area contributed by atoms with Gasteiger partial charge in [-0.05, 0) is 24.3 Å². The molecule has 0 aliphatic rings. The summed E-state index contributed by atoms with van der Waals surface area (Å²) in [6, 6.07) is 7.77. The first kappa shape index (κ1) is 13.5. The van der Waals surface area contributed by atoms with Crippen molar-refractivity contribution in [2.45, 2.75) is 13.8 Å². The predicted molar refractivity (Wildman–Crippen MR) is 72.2 cm³/mol. The van der Waals surface area contributed by atoms with Gasteiger partial charge in [-0.1, -0.05) is 13.8 Å². The van der Waals surface area contributed by atoms with Crippen LogP contribution < -0.4 is 16.0 Å². The van der Waals surface area contributed by atoms with Gasteiger partial charge in [0.05, 0.1) is 0 Å². The van der Waals surface area contributed by atoms with Crippen LogP contribution in [0.4, 0.5) is 11.4 Å². The number of carbonyl (C=O) groups excluding carboxylic acids is 1. The number of nitrogens with two attached hydrogens (primary N) is 1. The van der Waals surface area contributed by atoms with Gasteiger partial charge in [-0.25, -0.2) is 0 Å². The van der Waals surface area contributed by atoms with Gasteiger partial charge in [-0.15, -0.1) is 0 Å². The molecule has 1 amide bonds. The molecule has 0 aliphatic carbocycles. The van der Waals surface area contributed by atoms with Gasteiger partial charge in [0.1, 0.15) is 0 Å². The minimum absolute atomic E-state index is 0.00501. The second-order valence-corrected chi connectivity index (χ2v) is 4.40. The van der Waals surface area contributed by atoms with Gasteiger partial charge in [-0.3, -0.25) is 4.79 Å². The van der Waals surface area contributed by atoms with Gasteiger partial charge >= 0.3 is 0 Å². The molecule has 94 valence electrons. The topological polar surface area (TPSA) is 58.4 Å². The molecule has 1 rings (SSSR count).